The summed E-state index contributed by atoms with van der Waals surface area (Å²) in [6.45, 7) is 7.61. The highest BCUT2D eigenvalue weighted by molar-refractivity contribution is 6.30. The number of carbonyl (C=O) groups is 2. The normalized spacial score (nSPS) is 17.0. The van der Waals surface area contributed by atoms with Crippen LogP contribution in [0.4, 0.5) is 0 Å². The number of benzene rings is 2. The number of nitrogens with one attached hydrogen (secondary N) is 1. The van der Waals surface area contributed by atoms with Gasteiger partial charge in [0.25, 0.3) is 5.91 Å². The summed E-state index contributed by atoms with van der Waals surface area (Å²) in [7, 11) is 1.66. The summed E-state index contributed by atoms with van der Waals surface area (Å²) in [5.74, 6) is 0.544. The molecule has 1 N–H and O–H groups in total. The third-order valence-electron chi connectivity index (χ3n) is 6.37. The zero-order valence-corrected chi connectivity index (χ0v) is 20.5. The van der Waals surface area contributed by atoms with Crippen molar-refractivity contribution in [2.24, 2.45) is 5.92 Å². The van der Waals surface area contributed by atoms with Gasteiger partial charge in [0.15, 0.2) is 0 Å². The van der Waals surface area contributed by atoms with Crippen LogP contribution in [0.5, 0.6) is 5.75 Å². The first-order valence-corrected chi connectivity index (χ1v) is 12.0. The van der Waals surface area contributed by atoms with Gasteiger partial charge < -0.3 is 15.0 Å². The molecule has 1 heterocycles. The van der Waals surface area contributed by atoms with Crippen LogP contribution in [0.15, 0.2) is 48.5 Å². The Hall–Kier alpha value is -2.57. The molecule has 0 radical (unpaired) electrons. The van der Waals surface area contributed by atoms with Crippen LogP contribution in [-0.4, -0.2) is 61.4 Å². The minimum atomic E-state index is -0.210. The number of likely N-dealkylation sites (N-methyl/N-ethyl adjacent to an activating group) is 1. The fourth-order valence-corrected chi connectivity index (χ4v) is 4.59. The first-order valence-electron chi connectivity index (χ1n) is 11.7. The highest BCUT2D eigenvalue weighted by Gasteiger charge is 2.30. The fraction of sp³-hybridized carbons (Fsp3) is 0.462. The van der Waals surface area contributed by atoms with Gasteiger partial charge in [-0.25, -0.2) is 0 Å². The Morgan fingerprint density at radius 3 is 2.58 bits per heavy atom. The summed E-state index contributed by atoms with van der Waals surface area (Å²) in [6.07, 6.45) is 1.60. The zero-order valence-electron chi connectivity index (χ0n) is 19.7. The Bertz CT molecular complexity index is 931. The molecule has 1 saturated heterocycles. The molecule has 2 amide bonds. The lowest BCUT2D eigenvalue weighted by molar-refractivity contribution is -0.126. The number of carbonyl (C=O) groups excluding carboxylic acids is 2. The van der Waals surface area contributed by atoms with E-state index in [9.17, 15) is 9.59 Å². The van der Waals surface area contributed by atoms with Crippen molar-refractivity contribution in [3.8, 4) is 5.75 Å². The molecule has 6 nitrogen and oxygen atoms in total. The SMILES string of the molecule is CCN(CC)C(CNC(=O)C1CCCN(C(=O)c2ccc(Cl)cc2)C1)c1cccc(OC)c1. The van der Waals surface area contributed by atoms with Gasteiger partial charge in [-0.2, -0.15) is 0 Å². The lowest BCUT2D eigenvalue weighted by Crippen LogP contribution is -2.47. The molecule has 2 aromatic rings. The molecule has 0 aliphatic carbocycles. The minimum absolute atomic E-state index is 0.00339. The van der Waals surface area contributed by atoms with Crippen LogP contribution in [0, 0.1) is 5.92 Å². The smallest absolute Gasteiger partial charge is 0.253 e. The predicted octanol–water partition coefficient (Wildman–Crippen LogP) is 4.40. The Balaban J connectivity index is 1.65. The van der Waals surface area contributed by atoms with Crippen LogP contribution in [0.3, 0.4) is 0 Å². The molecule has 2 aromatic carbocycles. The molecule has 0 bridgehead atoms. The fourth-order valence-electron chi connectivity index (χ4n) is 4.46. The standard InChI is InChI=1S/C26H34ClN3O3/c1-4-29(5-2)24(20-8-6-10-23(16-20)33-3)17-28-25(31)21-9-7-15-30(18-21)26(32)19-11-13-22(27)14-12-19/h6,8,10-14,16,21,24H,4-5,7,9,15,17-18H2,1-3H3,(H,28,31). The summed E-state index contributed by atoms with van der Waals surface area (Å²) in [5, 5.41) is 3.77. The van der Waals surface area contributed by atoms with Crippen LogP contribution in [0.2, 0.25) is 5.02 Å². The first kappa shape index (κ1) is 25.1. The van der Waals surface area contributed by atoms with Gasteiger partial charge in [0.05, 0.1) is 19.1 Å². The number of piperidine rings is 1. The van der Waals surface area contributed by atoms with Gasteiger partial charge >= 0.3 is 0 Å². The highest BCUT2D eigenvalue weighted by Crippen LogP contribution is 2.25. The summed E-state index contributed by atoms with van der Waals surface area (Å²) in [4.78, 5) is 30.1. The minimum Gasteiger partial charge on any atom is -0.497 e. The van der Waals surface area contributed by atoms with E-state index < -0.39 is 0 Å². The Morgan fingerprint density at radius 2 is 1.91 bits per heavy atom. The monoisotopic (exact) mass is 471 g/mol. The van der Waals surface area contributed by atoms with E-state index in [0.717, 1.165) is 37.2 Å². The largest absolute Gasteiger partial charge is 0.497 e. The van der Waals surface area contributed by atoms with Crippen molar-refractivity contribution in [2.45, 2.75) is 32.7 Å². The Morgan fingerprint density at radius 1 is 1.18 bits per heavy atom. The molecule has 0 spiro atoms. The van der Waals surface area contributed by atoms with Crippen LogP contribution >= 0.6 is 11.6 Å². The molecule has 1 fully saturated rings. The lowest BCUT2D eigenvalue weighted by Gasteiger charge is -2.34. The number of likely N-dealkylation sites (tertiary alicyclic amines) is 1. The molecular formula is C26H34ClN3O3. The third-order valence-corrected chi connectivity index (χ3v) is 6.62. The number of methoxy groups -OCH3 is 1. The maximum atomic E-state index is 13.1. The quantitative estimate of drug-likeness (QED) is 0.588. The highest BCUT2D eigenvalue weighted by atomic mass is 35.5. The molecule has 0 aromatic heterocycles. The molecule has 178 valence electrons. The Labute approximate surface area is 201 Å². The van der Waals surface area contributed by atoms with Crippen LogP contribution in [-0.2, 0) is 4.79 Å². The van der Waals surface area contributed by atoms with E-state index in [0.29, 0.717) is 30.2 Å². The van der Waals surface area contributed by atoms with Gasteiger partial charge in [-0.3, -0.25) is 14.5 Å². The van der Waals surface area contributed by atoms with Crippen molar-refractivity contribution < 1.29 is 14.3 Å². The summed E-state index contributed by atoms with van der Waals surface area (Å²) in [6, 6.07) is 15.0. The maximum absolute atomic E-state index is 13.1. The van der Waals surface area contributed by atoms with E-state index in [1.807, 2.05) is 18.2 Å². The first-order chi connectivity index (χ1) is 16.0. The number of ether oxygens (including phenoxy) is 1. The summed E-state index contributed by atoms with van der Waals surface area (Å²) in [5.41, 5.74) is 1.71. The van der Waals surface area contributed by atoms with Crippen molar-refractivity contribution in [1.82, 2.24) is 15.1 Å². The third kappa shape index (κ3) is 6.49. The Kier molecular flexibility index (Phi) is 9.15. The second-order valence-corrected chi connectivity index (χ2v) is 8.79. The topological polar surface area (TPSA) is 61.9 Å². The molecule has 1 aliphatic rings. The van der Waals surface area contributed by atoms with Crippen molar-refractivity contribution in [1.29, 1.82) is 0 Å². The van der Waals surface area contributed by atoms with E-state index >= 15 is 0 Å². The van der Waals surface area contributed by atoms with Gasteiger partial charge in [0, 0.05) is 30.2 Å². The number of halogens is 1. The molecule has 7 heteroatoms. The molecule has 33 heavy (non-hydrogen) atoms. The van der Waals surface area contributed by atoms with E-state index in [1.54, 1.807) is 36.3 Å². The number of hydrogen-bond acceptors (Lipinski definition) is 4. The van der Waals surface area contributed by atoms with Crippen molar-refractivity contribution in [2.75, 3.05) is 39.8 Å². The molecule has 0 saturated carbocycles. The molecule has 3 rings (SSSR count). The summed E-state index contributed by atoms with van der Waals surface area (Å²) >= 11 is 5.94. The predicted molar refractivity (Wildman–Crippen MR) is 132 cm³/mol. The molecule has 1 aliphatic heterocycles. The number of nitrogens with zero attached hydrogens (tertiary/aromatic N) is 2. The second-order valence-electron chi connectivity index (χ2n) is 8.36. The molecule has 2 atom stereocenters. The lowest BCUT2D eigenvalue weighted by atomic mass is 9.96. The van der Waals surface area contributed by atoms with E-state index in [1.165, 1.54) is 0 Å². The number of hydrogen-bond donors (Lipinski definition) is 1. The van der Waals surface area contributed by atoms with Crippen molar-refractivity contribution in [3.63, 3.8) is 0 Å². The van der Waals surface area contributed by atoms with Crippen molar-refractivity contribution in [3.05, 3.63) is 64.7 Å². The summed E-state index contributed by atoms with van der Waals surface area (Å²) < 4.78 is 5.40. The van der Waals surface area contributed by atoms with Gasteiger partial charge in [0.1, 0.15) is 5.75 Å². The number of rotatable bonds is 9. The van der Waals surface area contributed by atoms with Gasteiger partial charge in [-0.15, -0.1) is 0 Å². The molecule has 2 unspecified atom stereocenters. The maximum Gasteiger partial charge on any atom is 0.253 e. The van der Waals surface area contributed by atoms with Crippen LogP contribution in [0.25, 0.3) is 0 Å². The van der Waals surface area contributed by atoms with Crippen molar-refractivity contribution >= 4 is 23.4 Å². The average Bonchev–Trinajstić information content (AvgIpc) is 2.86. The van der Waals surface area contributed by atoms with E-state index in [4.69, 9.17) is 16.3 Å². The van der Waals surface area contributed by atoms with E-state index in [2.05, 4.69) is 30.1 Å². The average molecular weight is 472 g/mol. The molecular weight excluding hydrogens is 438 g/mol. The van der Waals surface area contributed by atoms with Crippen LogP contribution in [0.1, 0.15) is 48.7 Å². The second kappa shape index (κ2) is 12.1. The van der Waals surface area contributed by atoms with Gasteiger partial charge in [-0.1, -0.05) is 37.6 Å². The van der Waals surface area contributed by atoms with Gasteiger partial charge in [-0.05, 0) is 67.9 Å². The van der Waals surface area contributed by atoms with Gasteiger partial charge in [0.2, 0.25) is 5.91 Å². The van der Waals surface area contributed by atoms with E-state index in [-0.39, 0.29) is 23.8 Å². The zero-order chi connectivity index (χ0) is 23.8. The van der Waals surface area contributed by atoms with Crippen LogP contribution < -0.4 is 10.1 Å². The number of amides is 2.